The molecule has 0 amide bonds. The van der Waals surface area contributed by atoms with Gasteiger partial charge in [-0.1, -0.05) is 25.0 Å². The number of rotatable bonds is 0. The molecule has 0 aromatic rings. The Labute approximate surface area is 75.4 Å². The summed E-state index contributed by atoms with van der Waals surface area (Å²) in [6.07, 6.45) is 6.71. The summed E-state index contributed by atoms with van der Waals surface area (Å²) in [4.78, 5) is 2.67. The monoisotopic (exact) mass is 165 g/mol. The van der Waals surface area contributed by atoms with Gasteiger partial charge in [-0.25, -0.2) is 0 Å². The van der Waals surface area contributed by atoms with Crippen LogP contribution in [0.3, 0.4) is 0 Å². The Balaban J connectivity index is 2.14. The van der Waals surface area contributed by atoms with Gasteiger partial charge in [-0.2, -0.15) is 0 Å². The van der Waals surface area contributed by atoms with Crippen molar-refractivity contribution in [3.05, 3.63) is 11.6 Å². The maximum Gasteiger partial charge on any atom is 0.0305 e. The van der Waals surface area contributed by atoms with Crippen LogP contribution in [0.1, 0.15) is 33.1 Å². The number of hydrogen-bond donors (Lipinski definition) is 0. The molecule has 0 saturated carbocycles. The van der Waals surface area contributed by atoms with E-state index in [-0.39, 0.29) is 0 Å². The topological polar surface area (TPSA) is 3.24 Å². The summed E-state index contributed by atoms with van der Waals surface area (Å²) in [5.74, 6) is 0.777. The highest BCUT2D eigenvalue weighted by atomic mass is 15.2. The Morgan fingerprint density at radius 1 is 1.42 bits per heavy atom. The number of hydrogen-bond acceptors (Lipinski definition) is 1. The molecule has 68 valence electrons. The Kier molecular flexibility index (Phi) is 2.22. The normalized spacial score (nSPS) is 37.3. The highest BCUT2D eigenvalue weighted by Crippen LogP contribution is 2.28. The summed E-state index contributed by atoms with van der Waals surface area (Å²) in [7, 11) is 0. The first-order chi connectivity index (χ1) is 5.77. The first kappa shape index (κ1) is 8.31. The largest absolute Gasteiger partial charge is 0.296 e. The highest BCUT2D eigenvalue weighted by molar-refractivity contribution is 5.14. The molecule has 12 heavy (non-hydrogen) atoms. The first-order valence-corrected chi connectivity index (χ1v) is 5.20. The van der Waals surface area contributed by atoms with E-state index in [2.05, 4.69) is 24.8 Å². The SMILES string of the molecule is CC1=CC(C)CN2CCCCC12. The Bertz CT molecular complexity index is 195. The van der Waals surface area contributed by atoms with Gasteiger partial charge in [-0.3, -0.25) is 4.90 Å². The van der Waals surface area contributed by atoms with E-state index in [0.29, 0.717) is 0 Å². The van der Waals surface area contributed by atoms with Crippen molar-refractivity contribution >= 4 is 0 Å². The van der Waals surface area contributed by atoms with Crippen LogP contribution >= 0.6 is 0 Å². The molecule has 2 heterocycles. The molecule has 2 unspecified atom stereocenters. The smallest absolute Gasteiger partial charge is 0.0305 e. The van der Waals surface area contributed by atoms with Gasteiger partial charge in [-0.05, 0) is 32.2 Å². The zero-order valence-corrected chi connectivity index (χ0v) is 8.21. The van der Waals surface area contributed by atoms with Crippen molar-refractivity contribution < 1.29 is 0 Å². The van der Waals surface area contributed by atoms with E-state index in [0.717, 1.165) is 12.0 Å². The molecule has 1 nitrogen and oxygen atoms in total. The van der Waals surface area contributed by atoms with Gasteiger partial charge < -0.3 is 0 Å². The molecule has 2 aliphatic heterocycles. The van der Waals surface area contributed by atoms with E-state index in [1.54, 1.807) is 5.57 Å². The second-order valence-electron chi connectivity index (χ2n) is 4.39. The summed E-state index contributed by atoms with van der Waals surface area (Å²) in [5, 5.41) is 0. The van der Waals surface area contributed by atoms with Crippen molar-refractivity contribution in [1.82, 2.24) is 4.90 Å². The molecule has 0 aliphatic carbocycles. The van der Waals surface area contributed by atoms with E-state index >= 15 is 0 Å². The van der Waals surface area contributed by atoms with E-state index in [9.17, 15) is 0 Å². The molecule has 0 aromatic carbocycles. The molecular weight excluding hydrogens is 146 g/mol. The molecule has 0 radical (unpaired) electrons. The maximum atomic E-state index is 2.67. The first-order valence-electron chi connectivity index (χ1n) is 5.20. The standard InChI is InChI=1S/C11H19N/c1-9-7-10(2)11-5-3-4-6-12(11)8-9/h7,9,11H,3-6,8H2,1-2H3. The summed E-state index contributed by atoms with van der Waals surface area (Å²) in [6, 6.07) is 0.801. The molecule has 2 aliphatic rings. The van der Waals surface area contributed by atoms with Crippen LogP contribution in [0, 0.1) is 5.92 Å². The quantitative estimate of drug-likeness (QED) is 0.498. The van der Waals surface area contributed by atoms with Crippen molar-refractivity contribution in [3.63, 3.8) is 0 Å². The predicted octanol–water partition coefficient (Wildman–Crippen LogP) is 2.44. The molecule has 1 heteroatoms. The molecule has 2 rings (SSSR count). The van der Waals surface area contributed by atoms with Crippen molar-refractivity contribution in [2.75, 3.05) is 13.1 Å². The van der Waals surface area contributed by atoms with Crippen LogP contribution in [-0.2, 0) is 0 Å². The minimum atomic E-state index is 0.777. The number of nitrogens with zero attached hydrogens (tertiary/aromatic N) is 1. The summed E-state index contributed by atoms with van der Waals surface area (Å²) in [6.45, 7) is 7.26. The number of piperidine rings is 1. The van der Waals surface area contributed by atoms with Crippen LogP contribution in [0.5, 0.6) is 0 Å². The third-order valence-electron chi connectivity index (χ3n) is 3.21. The molecule has 0 N–H and O–H groups in total. The van der Waals surface area contributed by atoms with Gasteiger partial charge in [-0.15, -0.1) is 0 Å². The van der Waals surface area contributed by atoms with E-state index in [1.165, 1.54) is 32.4 Å². The van der Waals surface area contributed by atoms with Crippen LogP contribution in [0.4, 0.5) is 0 Å². The molecule has 1 saturated heterocycles. The molecular formula is C11H19N. The van der Waals surface area contributed by atoms with E-state index in [4.69, 9.17) is 0 Å². The fourth-order valence-corrected chi connectivity index (χ4v) is 2.71. The Morgan fingerprint density at radius 2 is 2.25 bits per heavy atom. The second kappa shape index (κ2) is 3.21. The third kappa shape index (κ3) is 1.42. The summed E-state index contributed by atoms with van der Waals surface area (Å²) >= 11 is 0. The van der Waals surface area contributed by atoms with Gasteiger partial charge in [0, 0.05) is 12.6 Å². The van der Waals surface area contributed by atoms with E-state index < -0.39 is 0 Å². The zero-order valence-electron chi connectivity index (χ0n) is 8.21. The predicted molar refractivity (Wildman–Crippen MR) is 52.1 cm³/mol. The minimum absolute atomic E-state index is 0.777. The van der Waals surface area contributed by atoms with Crippen LogP contribution in [0.2, 0.25) is 0 Å². The fraction of sp³-hybridized carbons (Fsp3) is 0.818. The zero-order chi connectivity index (χ0) is 8.55. The van der Waals surface area contributed by atoms with Gasteiger partial charge in [0.2, 0.25) is 0 Å². The Hall–Kier alpha value is -0.300. The van der Waals surface area contributed by atoms with E-state index in [1.807, 2.05) is 0 Å². The lowest BCUT2D eigenvalue weighted by molar-refractivity contribution is 0.146. The fourth-order valence-electron chi connectivity index (χ4n) is 2.71. The summed E-state index contributed by atoms with van der Waals surface area (Å²) < 4.78 is 0. The average molecular weight is 165 g/mol. The van der Waals surface area contributed by atoms with Crippen molar-refractivity contribution in [3.8, 4) is 0 Å². The average Bonchev–Trinajstić information content (AvgIpc) is 2.04. The lowest BCUT2D eigenvalue weighted by Crippen LogP contribution is -2.45. The third-order valence-corrected chi connectivity index (χ3v) is 3.21. The highest BCUT2D eigenvalue weighted by Gasteiger charge is 2.27. The summed E-state index contributed by atoms with van der Waals surface area (Å²) in [5.41, 5.74) is 1.62. The Morgan fingerprint density at radius 3 is 3.08 bits per heavy atom. The molecule has 0 spiro atoms. The molecule has 1 fully saturated rings. The molecule has 0 aromatic heterocycles. The van der Waals surface area contributed by atoms with Crippen molar-refractivity contribution in [2.45, 2.75) is 39.2 Å². The minimum Gasteiger partial charge on any atom is -0.296 e. The van der Waals surface area contributed by atoms with Gasteiger partial charge >= 0.3 is 0 Å². The van der Waals surface area contributed by atoms with Gasteiger partial charge in [0.05, 0.1) is 0 Å². The maximum absolute atomic E-state index is 2.67. The van der Waals surface area contributed by atoms with Crippen molar-refractivity contribution in [1.29, 1.82) is 0 Å². The second-order valence-corrected chi connectivity index (χ2v) is 4.39. The van der Waals surface area contributed by atoms with Gasteiger partial charge in [0.1, 0.15) is 0 Å². The molecule has 0 bridgehead atoms. The molecule has 2 atom stereocenters. The lowest BCUT2D eigenvalue weighted by Gasteiger charge is -2.41. The van der Waals surface area contributed by atoms with Crippen LogP contribution in [-0.4, -0.2) is 24.0 Å². The van der Waals surface area contributed by atoms with Crippen LogP contribution < -0.4 is 0 Å². The van der Waals surface area contributed by atoms with Gasteiger partial charge in [0.15, 0.2) is 0 Å². The van der Waals surface area contributed by atoms with Crippen molar-refractivity contribution in [2.24, 2.45) is 5.92 Å². The van der Waals surface area contributed by atoms with Gasteiger partial charge in [0.25, 0.3) is 0 Å². The van der Waals surface area contributed by atoms with Crippen LogP contribution in [0.15, 0.2) is 11.6 Å². The lowest BCUT2D eigenvalue weighted by atomic mass is 9.89. The van der Waals surface area contributed by atoms with Crippen LogP contribution in [0.25, 0.3) is 0 Å². The number of fused-ring (bicyclic) bond motifs is 1.